The van der Waals surface area contributed by atoms with E-state index in [0.717, 1.165) is 74.6 Å². The van der Waals surface area contributed by atoms with Crippen LogP contribution in [0.25, 0.3) is 11.0 Å². The van der Waals surface area contributed by atoms with E-state index in [1.54, 1.807) is 0 Å². The predicted molar refractivity (Wildman–Crippen MR) is 100 cm³/mol. The molecule has 7 nitrogen and oxygen atoms in total. The number of aromatic amines is 1. The number of imidazole rings is 1. The zero-order chi connectivity index (χ0) is 18.2. The zero-order valence-corrected chi connectivity index (χ0v) is 15.6. The van der Waals surface area contributed by atoms with Crippen LogP contribution in [0.4, 0.5) is 0 Å². The number of rotatable bonds is 4. The molecule has 2 aromatic heterocycles. The van der Waals surface area contributed by atoms with Crippen LogP contribution in [0.15, 0.2) is 22.7 Å². The highest BCUT2D eigenvalue weighted by Crippen LogP contribution is 2.29. The Bertz CT molecular complexity index is 919. The van der Waals surface area contributed by atoms with Gasteiger partial charge < -0.3 is 14.2 Å². The molecule has 0 unspecified atom stereocenters. The van der Waals surface area contributed by atoms with Gasteiger partial charge in [0.25, 0.3) is 5.89 Å². The van der Waals surface area contributed by atoms with Crippen LogP contribution in [0, 0.1) is 6.92 Å². The molecule has 1 atom stereocenters. The molecule has 4 heterocycles. The van der Waals surface area contributed by atoms with Crippen molar-refractivity contribution in [3.05, 3.63) is 41.3 Å². The van der Waals surface area contributed by atoms with Crippen LogP contribution in [0.1, 0.15) is 60.8 Å². The highest BCUT2D eigenvalue weighted by Gasteiger charge is 2.26. The lowest BCUT2D eigenvalue weighted by molar-refractivity contribution is 0.0835. The first-order valence-corrected chi connectivity index (χ1v) is 9.87. The van der Waals surface area contributed by atoms with Crippen LogP contribution in [0.2, 0.25) is 0 Å². The van der Waals surface area contributed by atoms with E-state index in [0.29, 0.717) is 11.8 Å². The summed E-state index contributed by atoms with van der Waals surface area (Å²) in [5.41, 5.74) is 3.46. The number of aryl methyl sites for hydroxylation is 1. The van der Waals surface area contributed by atoms with E-state index in [1.807, 2.05) is 0 Å². The maximum atomic E-state index is 5.62. The molecular formula is C20H25N5O2. The third-order valence-electron chi connectivity index (χ3n) is 5.68. The maximum Gasteiger partial charge on any atom is 0.255 e. The van der Waals surface area contributed by atoms with Gasteiger partial charge in [-0.3, -0.25) is 4.90 Å². The van der Waals surface area contributed by atoms with E-state index in [-0.39, 0.29) is 6.10 Å². The van der Waals surface area contributed by atoms with E-state index in [4.69, 9.17) is 14.2 Å². The van der Waals surface area contributed by atoms with Crippen LogP contribution in [-0.4, -0.2) is 44.7 Å². The van der Waals surface area contributed by atoms with Gasteiger partial charge in [0.2, 0.25) is 0 Å². The Morgan fingerprint density at radius 3 is 2.89 bits per heavy atom. The average Bonchev–Trinajstić information content (AvgIpc) is 3.42. The normalized spacial score (nSPS) is 22.0. The first-order valence-electron chi connectivity index (χ1n) is 9.87. The maximum absolute atomic E-state index is 5.62. The number of hydrogen-bond donors (Lipinski definition) is 1. The molecule has 142 valence electrons. The fourth-order valence-corrected chi connectivity index (χ4v) is 4.14. The Morgan fingerprint density at radius 2 is 2.07 bits per heavy atom. The Kier molecular flexibility index (Phi) is 4.41. The lowest BCUT2D eigenvalue weighted by Crippen LogP contribution is -2.33. The second-order valence-electron chi connectivity index (χ2n) is 7.74. The number of hydrogen-bond acceptors (Lipinski definition) is 6. The Labute approximate surface area is 158 Å². The number of nitrogens with zero attached hydrogens (tertiary/aromatic N) is 4. The van der Waals surface area contributed by atoms with Crippen molar-refractivity contribution in [2.24, 2.45) is 0 Å². The molecule has 2 saturated heterocycles. The molecule has 5 rings (SSSR count). The summed E-state index contributed by atoms with van der Waals surface area (Å²) in [4.78, 5) is 15.3. The third-order valence-corrected chi connectivity index (χ3v) is 5.68. The molecule has 0 saturated carbocycles. The summed E-state index contributed by atoms with van der Waals surface area (Å²) in [7, 11) is 0. The zero-order valence-electron chi connectivity index (χ0n) is 15.6. The molecule has 2 aliphatic rings. The van der Waals surface area contributed by atoms with Crippen LogP contribution in [-0.2, 0) is 11.3 Å². The van der Waals surface area contributed by atoms with Crippen molar-refractivity contribution < 1.29 is 9.26 Å². The molecule has 0 spiro atoms. The highest BCUT2D eigenvalue weighted by atomic mass is 16.5. The van der Waals surface area contributed by atoms with Gasteiger partial charge in [-0.2, -0.15) is 4.98 Å². The van der Waals surface area contributed by atoms with Gasteiger partial charge in [0.05, 0.1) is 17.6 Å². The quantitative estimate of drug-likeness (QED) is 0.760. The summed E-state index contributed by atoms with van der Waals surface area (Å²) >= 11 is 0. The van der Waals surface area contributed by atoms with E-state index >= 15 is 0 Å². The average molecular weight is 367 g/mol. The second kappa shape index (κ2) is 7.05. The largest absolute Gasteiger partial charge is 0.368 e. The molecular weight excluding hydrogens is 342 g/mol. The number of benzene rings is 1. The second-order valence-corrected chi connectivity index (χ2v) is 7.74. The molecule has 0 aliphatic carbocycles. The lowest BCUT2D eigenvalue weighted by atomic mass is 9.96. The van der Waals surface area contributed by atoms with Crippen LogP contribution in [0.5, 0.6) is 0 Å². The van der Waals surface area contributed by atoms with Crippen molar-refractivity contribution in [2.45, 2.75) is 51.2 Å². The molecule has 3 aromatic rings. The number of H-pyrrole nitrogens is 1. The lowest BCUT2D eigenvalue weighted by Gasteiger charge is -2.30. The van der Waals surface area contributed by atoms with Gasteiger partial charge in [-0.1, -0.05) is 11.2 Å². The minimum absolute atomic E-state index is 0.00583. The monoisotopic (exact) mass is 367 g/mol. The molecule has 7 heteroatoms. The summed E-state index contributed by atoms with van der Waals surface area (Å²) in [6, 6.07) is 6.38. The summed E-state index contributed by atoms with van der Waals surface area (Å²) in [6.07, 6.45) is 4.22. The Hall–Kier alpha value is -2.25. The van der Waals surface area contributed by atoms with Gasteiger partial charge in [0.15, 0.2) is 5.82 Å². The van der Waals surface area contributed by atoms with E-state index in [2.05, 4.69) is 45.1 Å². The van der Waals surface area contributed by atoms with E-state index in [1.165, 1.54) is 5.56 Å². The fourth-order valence-electron chi connectivity index (χ4n) is 4.14. The highest BCUT2D eigenvalue weighted by molar-refractivity contribution is 5.75. The summed E-state index contributed by atoms with van der Waals surface area (Å²) in [5.74, 6) is 3.00. The molecule has 0 amide bonds. The van der Waals surface area contributed by atoms with Gasteiger partial charge in [-0.05, 0) is 63.4 Å². The summed E-state index contributed by atoms with van der Waals surface area (Å²) < 4.78 is 11.0. The molecule has 1 aromatic carbocycles. The van der Waals surface area contributed by atoms with Gasteiger partial charge in [-0.15, -0.1) is 0 Å². The van der Waals surface area contributed by atoms with Crippen molar-refractivity contribution in [1.29, 1.82) is 0 Å². The number of aromatic nitrogens is 4. The van der Waals surface area contributed by atoms with Crippen LogP contribution in [0.3, 0.4) is 0 Å². The molecule has 0 radical (unpaired) electrons. The minimum atomic E-state index is -0.00583. The Balaban J connectivity index is 1.19. The van der Waals surface area contributed by atoms with E-state index < -0.39 is 0 Å². The Morgan fingerprint density at radius 1 is 1.19 bits per heavy atom. The standard InChI is InChI=1S/C20H25N5O2/c1-13-4-5-15-16(11-13)22-19(21-15)14-6-8-25(9-7-14)12-18-23-20(27-24-18)17-3-2-10-26-17/h4-5,11,14,17H,2-3,6-10,12H2,1H3,(H,21,22)/t17-/m0/s1. The molecule has 27 heavy (non-hydrogen) atoms. The number of piperidine rings is 1. The fraction of sp³-hybridized carbons (Fsp3) is 0.550. The summed E-state index contributed by atoms with van der Waals surface area (Å²) in [5, 5.41) is 4.14. The third kappa shape index (κ3) is 3.49. The van der Waals surface area contributed by atoms with Crippen molar-refractivity contribution >= 4 is 11.0 Å². The van der Waals surface area contributed by atoms with E-state index in [9.17, 15) is 0 Å². The topological polar surface area (TPSA) is 80.1 Å². The van der Waals surface area contributed by atoms with Crippen molar-refractivity contribution in [3.8, 4) is 0 Å². The number of ether oxygens (including phenoxy) is 1. The predicted octanol–water partition coefficient (Wildman–Crippen LogP) is 3.49. The SMILES string of the molecule is Cc1ccc2nc(C3CCN(Cc4noc([C@@H]5CCCO5)n4)CC3)[nH]c2c1. The minimum Gasteiger partial charge on any atom is -0.368 e. The molecule has 2 fully saturated rings. The molecule has 2 aliphatic heterocycles. The summed E-state index contributed by atoms with van der Waals surface area (Å²) in [6.45, 7) is 5.68. The number of nitrogens with one attached hydrogen (secondary N) is 1. The van der Waals surface area contributed by atoms with Gasteiger partial charge in [-0.25, -0.2) is 4.98 Å². The molecule has 1 N–H and O–H groups in total. The smallest absolute Gasteiger partial charge is 0.255 e. The van der Waals surface area contributed by atoms with Crippen molar-refractivity contribution in [2.75, 3.05) is 19.7 Å². The number of fused-ring (bicyclic) bond motifs is 1. The molecule has 0 bridgehead atoms. The first-order chi connectivity index (χ1) is 13.2. The van der Waals surface area contributed by atoms with Gasteiger partial charge >= 0.3 is 0 Å². The van der Waals surface area contributed by atoms with Crippen molar-refractivity contribution in [1.82, 2.24) is 25.0 Å². The number of likely N-dealkylation sites (tertiary alicyclic amines) is 1. The van der Waals surface area contributed by atoms with Crippen LogP contribution >= 0.6 is 0 Å². The van der Waals surface area contributed by atoms with Gasteiger partial charge in [0, 0.05) is 12.5 Å². The van der Waals surface area contributed by atoms with Crippen LogP contribution < -0.4 is 0 Å². The van der Waals surface area contributed by atoms with Crippen molar-refractivity contribution in [3.63, 3.8) is 0 Å². The van der Waals surface area contributed by atoms with Gasteiger partial charge in [0.1, 0.15) is 11.9 Å². The first kappa shape index (κ1) is 16.9.